The van der Waals surface area contributed by atoms with Crippen LogP contribution in [0.5, 0.6) is 5.75 Å². The van der Waals surface area contributed by atoms with E-state index in [4.69, 9.17) is 19.7 Å². The van der Waals surface area contributed by atoms with Gasteiger partial charge in [0.2, 0.25) is 11.8 Å². The first-order chi connectivity index (χ1) is 20.9. The Bertz CT molecular complexity index is 1120. The molecule has 1 aliphatic heterocycles. The Kier molecular flexibility index (Phi) is 15.2. The van der Waals surface area contributed by atoms with Crippen LogP contribution in [0.15, 0.2) is 24.4 Å². The van der Waals surface area contributed by atoms with E-state index < -0.39 is 29.9 Å². The number of carbonyl (C=O) groups excluding carboxylic acids is 2. The molecule has 0 bridgehead atoms. The molecule has 0 unspecified atom stereocenters. The SMILES string of the molecule is CCOC[C@@H](CC(C)C)NC(=O)[C@@H]1CNC[C@H](C(=O)N(c2cc(OCC)c(CC)cn2)C2CC2)[C@@H]1O.O=C(O)/C=C/C(=O)O. The molecule has 246 valence electrons. The number of carboxylic acids is 2. The second-order valence-electron chi connectivity index (χ2n) is 11.2. The summed E-state index contributed by atoms with van der Waals surface area (Å²) in [7, 11) is 0. The van der Waals surface area contributed by atoms with Crippen molar-refractivity contribution in [1.82, 2.24) is 15.6 Å². The molecule has 0 aromatic carbocycles. The van der Waals surface area contributed by atoms with Crippen LogP contribution in [0.2, 0.25) is 0 Å². The Morgan fingerprint density at radius 3 is 2.23 bits per heavy atom. The summed E-state index contributed by atoms with van der Waals surface area (Å²) >= 11 is 0. The number of aliphatic hydroxyl groups is 1. The number of nitrogens with zero attached hydrogens (tertiary/aromatic N) is 2. The van der Waals surface area contributed by atoms with Gasteiger partial charge in [-0.05, 0) is 45.4 Å². The molecule has 13 nitrogen and oxygen atoms in total. The van der Waals surface area contributed by atoms with Gasteiger partial charge in [-0.3, -0.25) is 14.5 Å². The van der Waals surface area contributed by atoms with Crippen LogP contribution in [0.25, 0.3) is 0 Å². The number of aryl methyl sites for hydroxylation is 1. The van der Waals surface area contributed by atoms with Crippen LogP contribution in [0.1, 0.15) is 59.4 Å². The maximum atomic E-state index is 13.8. The maximum Gasteiger partial charge on any atom is 0.328 e. The molecule has 2 fully saturated rings. The molecular formula is C31H48N4O9. The maximum absolute atomic E-state index is 13.8. The van der Waals surface area contributed by atoms with Gasteiger partial charge in [-0.25, -0.2) is 14.6 Å². The second-order valence-corrected chi connectivity index (χ2v) is 11.2. The van der Waals surface area contributed by atoms with Gasteiger partial charge in [-0.1, -0.05) is 20.8 Å². The van der Waals surface area contributed by atoms with E-state index in [1.165, 1.54) is 0 Å². The van der Waals surface area contributed by atoms with Crippen molar-refractivity contribution in [3.8, 4) is 5.75 Å². The first-order valence-electron chi connectivity index (χ1n) is 15.3. The van der Waals surface area contributed by atoms with Crippen molar-refractivity contribution < 1.29 is 44.0 Å². The summed E-state index contributed by atoms with van der Waals surface area (Å²) in [5.74, 6) is -2.78. The predicted octanol–water partition coefficient (Wildman–Crippen LogP) is 2.01. The second kappa shape index (κ2) is 18.3. The topological polar surface area (TPSA) is 188 Å². The number of ether oxygens (including phenoxy) is 2. The molecule has 44 heavy (non-hydrogen) atoms. The zero-order valence-corrected chi connectivity index (χ0v) is 26.3. The highest BCUT2D eigenvalue weighted by Gasteiger charge is 2.45. The molecule has 5 N–H and O–H groups in total. The van der Waals surface area contributed by atoms with Gasteiger partial charge < -0.3 is 35.4 Å². The fraction of sp³-hybridized carbons (Fsp3) is 0.645. The van der Waals surface area contributed by atoms with Crippen LogP contribution in [-0.2, 0) is 30.3 Å². The monoisotopic (exact) mass is 620 g/mol. The van der Waals surface area contributed by atoms with Gasteiger partial charge in [0.1, 0.15) is 11.6 Å². The lowest BCUT2D eigenvalue weighted by molar-refractivity contribution is -0.137. The van der Waals surface area contributed by atoms with Crippen molar-refractivity contribution in [2.45, 2.75) is 78.5 Å². The van der Waals surface area contributed by atoms with E-state index in [9.17, 15) is 24.3 Å². The molecule has 13 heteroatoms. The molecule has 1 aliphatic carbocycles. The number of anilines is 1. The summed E-state index contributed by atoms with van der Waals surface area (Å²) in [4.78, 5) is 52.4. The molecule has 1 saturated heterocycles. The van der Waals surface area contributed by atoms with Crippen LogP contribution in [0.4, 0.5) is 5.82 Å². The van der Waals surface area contributed by atoms with Crippen LogP contribution in [-0.4, -0.2) is 95.2 Å². The van der Waals surface area contributed by atoms with E-state index in [0.29, 0.717) is 56.8 Å². The van der Waals surface area contributed by atoms with Crippen molar-refractivity contribution in [1.29, 1.82) is 0 Å². The Morgan fingerprint density at radius 1 is 1.07 bits per heavy atom. The van der Waals surface area contributed by atoms with Crippen molar-refractivity contribution in [3.05, 3.63) is 30.0 Å². The van der Waals surface area contributed by atoms with Gasteiger partial charge in [0.05, 0.1) is 37.2 Å². The average molecular weight is 621 g/mol. The summed E-state index contributed by atoms with van der Waals surface area (Å²) in [5.41, 5.74) is 0.989. The van der Waals surface area contributed by atoms with Crippen molar-refractivity contribution in [2.24, 2.45) is 17.8 Å². The van der Waals surface area contributed by atoms with Crippen molar-refractivity contribution in [3.63, 3.8) is 0 Å². The first kappa shape index (κ1) is 36.6. The van der Waals surface area contributed by atoms with Gasteiger partial charge in [0.25, 0.3) is 0 Å². The fourth-order valence-electron chi connectivity index (χ4n) is 4.98. The number of piperidine rings is 1. The third-order valence-electron chi connectivity index (χ3n) is 7.21. The smallest absolute Gasteiger partial charge is 0.328 e. The van der Waals surface area contributed by atoms with E-state index in [-0.39, 0.29) is 23.9 Å². The normalized spacial score (nSPS) is 20.4. The minimum absolute atomic E-state index is 0.0509. The highest BCUT2D eigenvalue weighted by atomic mass is 16.5. The molecule has 0 radical (unpaired) electrons. The largest absolute Gasteiger partial charge is 0.493 e. The van der Waals surface area contributed by atoms with Crippen LogP contribution >= 0.6 is 0 Å². The predicted molar refractivity (Wildman–Crippen MR) is 163 cm³/mol. The lowest BCUT2D eigenvalue weighted by atomic mass is 9.85. The summed E-state index contributed by atoms with van der Waals surface area (Å²) in [6.07, 6.45) is 5.13. The van der Waals surface area contributed by atoms with Crippen LogP contribution in [0.3, 0.4) is 0 Å². The Hall–Kier alpha value is -3.55. The highest BCUT2D eigenvalue weighted by molar-refractivity contribution is 5.96. The van der Waals surface area contributed by atoms with Crippen LogP contribution in [0, 0.1) is 17.8 Å². The molecule has 1 saturated carbocycles. The van der Waals surface area contributed by atoms with Gasteiger partial charge in [0.15, 0.2) is 0 Å². The highest BCUT2D eigenvalue weighted by Crippen LogP contribution is 2.35. The summed E-state index contributed by atoms with van der Waals surface area (Å²) in [6, 6.07) is 1.74. The standard InChI is InChI=1S/C27H44N4O5.C4H4O4/c1-6-18-13-29-24(12-23(18)36-8-3)31(20-9-10-20)27(34)22-15-28-14-21(25(22)32)26(33)30-19(11-17(4)5)16-35-7-2;5-3(6)1-2-4(7)8/h12-13,17,19-22,25,28,32H,6-11,14-16H2,1-5H3,(H,30,33);1-2H,(H,5,6)(H,7,8)/b;2-1+/t19-,21-,22+,25-;/m1./s1. The lowest BCUT2D eigenvalue weighted by Gasteiger charge is -2.37. The Balaban J connectivity index is 0.000000742. The zero-order valence-electron chi connectivity index (χ0n) is 26.3. The van der Waals surface area contributed by atoms with E-state index in [0.717, 1.165) is 37.0 Å². The van der Waals surface area contributed by atoms with E-state index in [2.05, 4.69) is 29.5 Å². The Morgan fingerprint density at radius 2 is 1.70 bits per heavy atom. The van der Waals surface area contributed by atoms with E-state index in [1.807, 2.05) is 26.8 Å². The number of hydrogen-bond acceptors (Lipinski definition) is 9. The number of aromatic nitrogens is 1. The molecule has 1 aromatic heterocycles. The minimum Gasteiger partial charge on any atom is -0.493 e. The number of hydrogen-bond donors (Lipinski definition) is 5. The number of rotatable bonds is 15. The minimum atomic E-state index is -1.26. The van der Waals surface area contributed by atoms with Crippen molar-refractivity contribution >= 4 is 29.6 Å². The molecule has 1 aromatic rings. The number of carbonyl (C=O) groups is 4. The lowest BCUT2D eigenvalue weighted by Crippen LogP contribution is -2.59. The molecule has 2 heterocycles. The Labute approximate surface area is 259 Å². The molecule has 3 rings (SSSR count). The quantitative estimate of drug-likeness (QED) is 0.181. The third kappa shape index (κ3) is 11.5. The van der Waals surface area contributed by atoms with E-state index >= 15 is 0 Å². The number of aliphatic carboxylic acids is 2. The number of nitrogens with one attached hydrogen (secondary N) is 2. The summed E-state index contributed by atoms with van der Waals surface area (Å²) < 4.78 is 11.4. The molecule has 4 atom stereocenters. The fourth-order valence-corrected chi connectivity index (χ4v) is 4.98. The van der Waals surface area contributed by atoms with Crippen LogP contribution < -0.4 is 20.3 Å². The van der Waals surface area contributed by atoms with E-state index in [1.54, 1.807) is 11.1 Å². The number of pyridine rings is 1. The van der Waals surface area contributed by atoms with Gasteiger partial charge >= 0.3 is 11.9 Å². The molecular weight excluding hydrogens is 572 g/mol. The summed E-state index contributed by atoms with van der Waals surface area (Å²) in [6.45, 7) is 12.2. The number of amides is 2. The average Bonchev–Trinajstić information content (AvgIpc) is 3.80. The third-order valence-corrected chi connectivity index (χ3v) is 7.21. The van der Waals surface area contributed by atoms with Gasteiger partial charge in [-0.15, -0.1) is 0 Å². The van der Waals surface area contributed by atoms with Gasteiger partial charge in [-0.2, -0.15) is 0 Å². The number of carboxylic acid groups (broad SMARTS) is 2. The summed E-state index contributed by atoms with van der Waals surface area (Å²) in [5, 5.41) is 33.1. The first-order valence-corrected chi connectivity index (χ1v) is 15.3. The molecule has 2 aliphatic rings. The zero-order chi connectivity index (χ0) is 32.8. The molecule has 0 spiro atoms. The van der Waals surface area contributed by atoms with Gasteiger partial charge in [0, 0.05) is 55.7 Å². The van der Waals surface area contributed by atoms with Crippen molar-refractivity contribution in [2.75, 3.05) is 37.8 Å². The number of aliphatic hydroxyl groups excluding tert-OH is 1. The molecule has 2 amide bonds.